The summed E-state index contributed by atoms with van der Waals surface area (Å²) in [4.78, 5) is 15.3. The lowest BCUT2D eigenvalue weighted by Crippen LogP contribution is -2.05. The van der Waals surface area contributed by atoms with Gasteiger partial charge in [-0.15, -0.1) is 0 Å². The van der Waals surface area contributed by atoms with E-state index in [4.69, 9.17) is 15.0 Å². The second-order valence-electron chi connectivity index (χ2n) is 15.2. The zero-order valence-corrected chi connectivity index (χ0v) is 32.0. The first-order valence-corrected chi connectivity index (χ1v) is 20.1. The van der Waals surface area contributed by atoms with Crippen LogP contribution < -0.4 is 0 Å². The van der Waals surface area contributed by atoms with E-state index < -0.39 is 0 Å². The van der Waals surface area contributed by atoms with Crippen molar-refractivity contribution in [2.24, 2.45) is 0 Å². The third-order valence-corrected chi connectivity index (χ3v) is 11.8. The molecule has 0 amide bonds. The van der Waals surface area contributed by atoms with Crippen LogP contribution in [0.25, 0.3) is 99.3 Å². The number of para-hydroxylation sites is 2. The monoisotopic (exact) mass is 753 g/mol. The number of fused-ring (bicyclic) bond motifs is 9. The van der Waals surface area contributed by atoms with Crippen LogP contribution in [0.2, 0.25) is 0 Å². The van der Waals surface area contributed by atoms with E-state index in [1.54, 1.807) is 0 Å². The van der Waals surface area contributed by atoms with Crippen molar-refractivity contribution >= 4 is 65.2 Å². The molecule has 0 radical (unpaired) electrons. The Balaban J connectivity index is 1.16. The number of benzene rings is 9. The largest absolute Gasteiger partial charge is 0.307 e. The van der Waals surface area contributed by atoms with E-state index in [0.29, 0.717) is 18.1 Å². The van der Waals surface area contributed by atoms with Gasteiger partial charge in [0.05, 0.1) is 33.4 Å². The summed E-state index contributed by atoms with van der Waals surface area (Å²) in [5, 5.41) is 9.48. The van der Waals surface area contributed by atoms with Crippen molar-refractivity contribution < 1.29 is 0 Å². The van der Waals surface area contributed by atoms with Crippen molar-refractivity contribution in [1.29, 1.82) is 0 Å². The van der Waals surface area contributed by atoms with Crippen molar-refractivity contribution in [3.8, 4) is 34.2 Å². The van der Waals surface area contributed by atoms with E-state index >= 15 is 0 Å². The zero-order chi connectivity index (χ0) is 38.9. The first kappa shape index (κ1) is 33.3. The molecule has 59 heavy (non-hydrogen) atoms. The normalized spacial score (nSPS) is 11.8. The van der Waals surface area contributed by atoms with Crippen LogP contribution in [-0.2, 0) is 6.42 Å². The minimum atomic E-state index is 0.605. The topological polar surface area (TPSA) is 48.5 Å². The summed E-state index contributed by atoms with van der Waals surface area (Å²) < 4.78 is 4.98. The van der Waals surface area contributed by atoms with Crippen LogP contribution in [0, 0.1) is 0 Å². The highest BCUT2D eigenvalue weighted by molar-refractivity contribution is 6.24. The molecule has 12 rings (SSSR count). The molecular formula is C54H35N5. The lowest BCUT2D eigenvalue weighted by atomic mass is 10.0. The molecular weight excluding hydrogens is 719 g/mol. The number of rotatable bonds is 6. The maximum Gasteiger partial charge on any atom is 0.164 e. The molecule has 3 heterocycles. The van der Waals surface area contributed by atoms with Gasteiger partial charge in [0.15, 0.2) is 11.6 Å². The van der Waals surface area contributed by atoms with Gasteiger partial charge in [-0.2, -0.15) is 0 Å². The molecule has 0 fully saturated rings. The van der Waals surface area contributed by atoms with Crippen LogP contribution in [0.15, 0.2) is 200 Å². The molecule has 0 aliphatic rings. The highest BCUT2D eigenvalue weighted by Crippen LogP contribution is 2.44. The fraction of sp³-hybridized carbons (Fsp3) is 0.0185. The number of nitrogens with zero attached hydrogens (tertiary/aromatic N) is 5. The number of hydrogen-bond acceptors (Lipinski definition) is 3. The minimum absolute atomic E-state index is 0.605. The van der Waals surface area contributed by atoms with Crippen molar-refractivity contribution in [1.82, 2.24) is 24.1 Å². The summed E-state index contributed by atoms with van der Waals surface area (Å²) in [6.07, 6.45) is 0.605. The summed E-state index contributed by atoms with van der Waals surface area (Å²) >= 11 is 0. The second-order valence-corrected chi connectivity index (χ2v) is 15.2. The highest BCUT2D eigenvalue weighted by Gasteiger charge is 2.23. The molecule has 9 aromatic carbocycles. The van der Waals surface area contributed by atoms with Crippen molar-refractivity contribution in [3.05, 3.63) is 212 Å². The highest BCUT2D eigenvalue weighted by atomic mass is 15.1. The fourth-order valence-corrected chi connectivity index (χ4v) is 9.19. The van der Waals surface area contributed by atoms with Gasteiger partial charge < -0.3 is 9.13 Å². The van der Waals surface area contributed by atoms with Crippen LogP contribution in [0.3, 0.4) is 0 Å². The Kier molecular flexibility index (Phi) is 7.53. The molecule has 0 aliphatic heterocycles. The second kappa shape index (κ2) is 13.4. The van der Waals surface area contributed by atoms with Crippen LogP contribution >= 0.6 is 0 Å². The molecule has 3 aromatic heterocycles. The van der Waals surface area contributed by atoms with Crippen molar-refractivity contribution in [3.63, 3.8) is 0 Å². The van der Waals surface area contributed by atoms with Crippen molar-refractivity contribution in [2.45, 2.75) is 6.42 Å². The molecule has 0 saturated heterocycles. The molecule has 0 unspecified atom stereocenters. The maximum absolute atomic E-state index is 5.17. The first-order valence-electron chi connectivity index (χ1n) is 20.1. The van der Waals surface area contributed by atoms with E-state index in [9.17, 15) is 0 Å². The van der Waals surface area contributed by atoms with Crippen LogP contribution in [0.1, 0.15) is 11.4 Å². The van der Waals surface area contributed by atoms with Gasteiger partial charge in [-0.25, -0.2) is 15.0 Å². The third kappa shape index (κ3) is 5.29. The Morgan fingerprint density at radius 3 is 1.56 bits per heavy atom. The third-order valence-electron chi connectivity index (χ3n) is 11.8. The molecule has 5 heteroatoms. The molecule has 0 N–H and O–H groups in total. The van der Waals surface area contributed by atoms with Crippen molar-refractivity contribution in [2.75, 3.05) is 0 Å². The quantitative estimate of drug-likeness (QED) is 0.170. The van der Waals surface area contributed by atoms with Crippen LogP contribution in [0.5, 0.6) is 0 Å². The van der Waals surface area contributed by atoms with Gasteiger partial charge in [-0.1, -0.05) is 170 Å². The van der Waals surface area contributed by atoms with Gasteiger partial charge in [-0.3, -0.25) is 0 Å². The lowest BCUT2D eigenvalue weighted by molar-refractivity contribution is 0.933. The SMILES string of the molecule is c1ccc(Cc2nc(-c3ccccc3)nc(-c3ccc(-n4c5ccccc5c5ccc6c7ccccc7n(-c7cccc8ccccc78)c6c54)c4ccccc34)n2)cc1. The van der Waals surface area contributed by atoms with Gasteiger partial charge in [0.1, 0.15) is 5.82 Å². The summed E-state index contributed by atoms with van der Waals surface area (Å²) in [5.74, 6) is 2.06. The predicted octanol–water partition coefficient (Wildman–Crippen LogP) is 13.3. The van der Waals surface area contributed by atoms with Crippen LogP contribution in [-0.4, -0.2) is 24.1 Å². The smallest absolute Gasteiger partial charge is 0.164 e. The van der Waals surface area contributed by atoms with Gasteiger partial charge in [0.2, 0.25) is 0 Å². The number of aromatic nitrogens is 5. The summed E-state index contributed by atoms with van der Waals surface area (Å²) in [6, 6.07) is 71.3. The lowest BCUT2D eigenvalue weighted by Gasteiger charge is -2.17. The Morgan fingerprint density at radius 1 is 0.339 bits per heavy atom. The Morgan fingerprint density at radius 2 is 0.864 bits per heavy atom. The van der Waals surface area contributed by atoms with Gasteiger partial charge in [0, 0.05) is 49.9 Å². The molecule has 5 nitrogen and oxygen atoms in total. The Hall–Kier alpha value is -7.89. The molecule has 0 saturated carbocycles. The molecule has 12 aromatic rings. The average molecular weight is 754 g/mol. The molecule has 0 aliphatic carbocycles. The number of hydrogen-bond donors (Lipinski definition) is 0. The van der Waals surface area contributed by atoms with E-state index in [1.807, 2.05) is 24.3 Å². The minimum Gasteiger partial charge on any atom is -0.307 e. The van der Waals surface area contributed by atoms with Crippen LogP contribution in [0.4, 0.5) is 0 Å². The van der Waals surface area contributed by atoms with Gasteiger partial charge in [0.25, 0.3) is 0 Å². The summed E-state index contributed by atoms with van der Waals surface area (Å²) in [7, 11) is 0. The van der Waals surface area contributed by atoms with E-state index in [1.165, 1.54) is 48.9 Å². The van der Waals surface area contributed by atoms with E-state index in [0.717, 1.165) is 50.2 Å². The van der Waals surface area contributed by atoms with Gasteiger partial charge >= 0.3 is 0 Å². The zero-order valence-electron chi connectivity index (χ0n) is 32.0. The predicted molar refractivity (Wildman–Crippen MR) is 244 cm³/mol. The summed E-state index contributed by atoms with van der Waals surface area (Å²) in [5.41, 5.74) is 10.0. The van der Waals surface area contributed by atoms with E-state index in [-0.39, 0.29) is 0 Å². The molecule has 276 valence electrons. The standard InChI is InChI=1S/C54H35N5/c1-3-16-35(17-4-1)34-50-55-53(37-19-5-2-6-20-37)57-54(56-50)45-32-33-49(40-24-10-9-23-39(40)45)59-48-28-14-12-26-42(48)44-31-30-43-41-25-11-13-27-47(41)58(51(43)52(44)59)46-29-15-21-36-18-7-8-22-38(36)46/h1-33H,34H2. The Bertz CT molecular complexity index is 3580. The summed E-state index contributed by atoms with van der Waals surface area (Å²) in [6.45, 7) is 0. The maximum atomic E-state index is 5.17. The van der Waals surface area contributed by atoms with E-state index in [2.05, 4.69) is 185 Å². The fourth-order valence-electron chi connectivity index (χ4n) is 9.19. The molecule has 0 bridgehead atoms. The molecule has 0 atom stereocenters. The molecule has 0 spiro atoms. The first-order chi connectivity index (χ1) is 29.3. The average Bonchev–Trinajstić information content (AvgIpc) is 3.82. The van der Waals surface area contributed by atoms with Gasteiger partial charge in [-0.05, 0) is 46.7 Å². The Labute approximate surface area is 340 Å².